The van der Waals surface area contributed by atoms with Gasteiger partial charge in [0, 0.05) is 6.61 Å². The van der Waals surface area contributed by atoms with E-state index < -0.39 is 0 Å². The van der Waals surface area contributed by atoms with E-state index in [1.807, 2.05) is 39.0 Å². The zero-order chi connectivity index (χ0) is 12.7. The fraction of sp³-hybridized carbons (Fsp3) is 0.500. The van der Waals surface area contributed by atoms with Crippen LogP contribution in [0.25, 0.3) is 0 Å². The molecule has 94 valence electrons. The second kappa shape index (κ2) is 7.07. The smallest absolute Gasteiger partial charge is 0.195 e. The molecule has 0 saturated heterocycles. The first-order valence-corrected chi connectivity index (χ1v) is 6.12. The molecule has 1 rings (SSSR count). The third-order valence-corrected chi connectivity index (χ3v) is 2.48. The maximum absolute atomic E-state index is 12.3. The fourth-order valence-corrected chi connectivity index (χ4v) is 1.71. The Morgan fingerprint density at radius 1 is 1.18 bits per heavy atom. The summed E-state index contributed by atoms with van der Waals surface area (Å²) in [6.07, 6.45) is 0.300. The molecule has 0 saturated carbocycles. The monoisotopic (exact) mass is 236 g/mol. The van der Waals surface area contributed by atoms with Gasteiger partial charge in [-0.25, -0.2) is 0 Å². The summed E-state index contributed by atoms with van der Waals surface area (Å²) >= 11 is 0. The number of benzene rings is 1. The Bertz CT molecular complexity index is 360. The minimum atomic E-state index is -0.374. The molecule has 0 aliphatic rings. The average molecular weight is 236 g/mol. The van der Waals surface area contributed by atoms with Gasteiger partial charge in [-0.05, 0) is 32.4 Å². The number of carbonyl (C=O) groups excluding carboxylic acids is 1. The summed E-state index contributed by atoms with van der Waals surface area (Å²) in [5.41, 5.74) is 0.606. The van der Waals surface area contributed by atoms with E-state index in [2.05, 4.69) is 0 Å². The summed E-state index contributed by atoms with van der Waals surface area (Å²) in [5, 5.41) is 0. The van der Waals surface area contributed by atoms with Crippen molar-refractivity contribution in [2.45, 2.75) is 33.3 Å². The molecule has 3 heteroatoms. The highest BCUT2D eigenvalue weighted by Crippen LogP contribution is 2.21. The number of carbonyl (C=O) groups is 1. The van der Waals surface area contributed by atoms with Crippen molar-refractivity contribution < 1.29 is 14.3 Å². The number of ether oxygens (including phenoxy) is 2. The molecule has 0 spiro atoms. The van der Waals surface area contributed by atoms with Crippen molar-refractivity contribution in [1.82, 2.24) is 0 Å². The van der Waals surface area contributed by atoms with Crippen LogP contribution in [-0.4, -0.2) is 25.1 Å². The molecule has 0 radical (unpaired) electrons. The topological polar surface area (TPSA) is 35.5 Å². The zero-order valence-corrected chi connectivity index (χ0v) is 10.7. The molecular formula is C14H20O3. The molecule has 0 amide bonds. The minimum Gasteiger partial charge on any atom is -0.493 e. The highest BCUT2D eigenvalue weighted by atomic mass is 16.5. The largest absolute Gasteiger partial charge is 0.493 e. The lowest BCUT2D eigenvalue weighted by Crippen LogP contribution is -2.24. The first kappa shape index (κ1) is 13.7. The number of para-hydroxylation sites is 1. The summed E-state index contributed by atoms with van der Waals surface area (Å²) in [6.45, 7) is 6.84. The summed E-state index contributed by atoms with van der Waals surface area (Å²) in [7, 11) is 0. The van der Waals surface area contributed by atoms with Crippen LogP contribution in [0.3, 0.4) is 0 Å². The first-order chi connectivity index (χ1) is 8.24. The van der Waals surface area contributed by atoms with Crippen molar-refractivity contribution in [3.8, 4) is 5.75 Å². The molecule has 0 aliphatic carbocycles. The van der Waals surface area contributed by atoms with Crippen LogP contribution in [0.15, 0.2) is 24.3 Å². The molecule has 0 bridgehead atoms. The van der Waals surface area contributed by atoms with E-state index in [0.29, 0.717) is 30.9 Å². The molecule has 1 aromatic carbocycles. The number of ketones is 1. The van der Waals surface area contributed by atoms with Gasteiger partial charge in [0.1, 0.15) is 11.9 Å². The Morgan fingerprint density at radius 2 is 1.88 bits per heavy atom. The van der Waals surface area contributed by atoms with Crippen LogP contribution < -0.4 is 4.74 Å². The summed E-state index contributed by atoms with van der Waals surface area (Å²) < 4.78 is 10.9. The van der Waals surface area contributed by atoms with Crippen LogP contribution in [-0.2, 0) is 4.74 Å². The van der Waals surface area contributed by atoms with Crippen molar-refractivity contribution in [2.75, 3.05) is 13.2 Å². The number of hydrogen-bond acceptors (Lipinski definition) is 3. The van der Waals surface area contributed by atoms with Crippen LogP contribution in [0, 0.1) is 0 Å². The average Bonchev–Trinajstić information content (AvgIpc) is 2.36. The molecule has 0 fully saturated rings. The molecule has 0 aromatic heterocycles. The van der Waals surface area contributed by atoms with Crippen molar-refractivity contribution >= 4 is 5.78 Å². The van der Waals surface area contributed by atoms with Gasteiger partial charge < -0.3 is 9.47 Å². The molecular weight excluding hydrogens is 216 g/mol. The maximum atomic E-state index is 12.3. The highest BCUT2D eigenvalue weighted by Gasteiger charge is 2.21. The van der Waals surface area contributed by atoms with Gasteiger partial charge in [0.25, 0.3) is 0 Å². The summed E-state index contributed by atoms with van der Waals surface area (Å²) in [6, 6.07) is 7.31. The van der Waals surface area contributed by atoms with Crippen LogP contribution in [0.2, 0.25) is 0 Å². The quantitative estimate of drug-likeness (QED) is 0.682. The normalized spacial score (nSPS) is 12.2. The second-order valence-electron chi connectivity index (χ2n) is 3.65. The van der Waals surface area contributed by atoms with E-state index >= 15 is 0 Å². The zero-order valence-electron chi connectivity index (χ0n) is 10.7. The SMILES string of the molecule is CCOc1ccccc1C(=O)C(CC)OCC. The third kappa shape index (κ3) is 3.56. The van der Waals surface area contributed by atoms with E-state index in [-0.39, 0.29) is 11.9 Å². The second-order valence-corrected chi connectivity index (χ2v) is 3.65. The first-order valence-electron chi connectivity index (χ1n) is 6.12. The van der Waals surface area contributed by atoms with Gasteiger partial charge in [0.05, 0.1) is 12.2 Å². The van der Waals surface area contributed by atoms with Crippen LogP contribution in [0.4, 0.5) is 0 Å². The van der Waals surface area contributed by atoms with Gasteiger partial charge in [0.2, 0.25) is 0 Å². The Balaban J connectivity index is 2.93. The minimum absolute atomic E-state index is 0.00148. The summed E-state index contributed by atoms with van der Waals surface area (Å²) in [5.74, 6) is 0.636. The third-order valence-electron chi connectivity index (χ3n) is 2.48. The lowest BCUT2D eigenvalue weighted by atomic mass is 10.0. The standard InChI is InChI=1S/C14H20O3/c1-4-12(16-5-2)14(15)11-9-7-8-10-13(11)17-6-3/h7-10,12H,4-6H2,1-3H3. The number of hydrogen-bond donors (Lipinski definition) is 0. The van der Waals surface area contributed by atoms with Gasteiger partial charge in [-0.1, -0.05) is 19.1 Å². The van der Waals surface area contributed by atoms with Crippen LogP contribution in [0.5, 0.6) is 5.75 Å². The van der Waals surface area contributed by atoms with Crippen LogP contribution in [0.1, 0.15) is 37.6 Å². The summed E-state index contributed by atoms with van der Waals surface area (Å²) in [4.78, 5) is 12.3. The van der Waals surface area contributed by atoms with Crippen molar-refractivity contribution in [3.05, 3.63) is 29.8 Å². The van der Waals surface area contributed by atoms with Crippen LogP contribution >= 0.6 is 0 Å². The Morgan fingerprint density at radius 3 is 2.47 bits per heavy atom. The van der Waals surface area contributed by atoms with Crippen molar-refractivity contribution in [1.29, 1.82) is 0 Å². The maximum Gasteiger partial charge on any atom is 0.195 e. The molecule has 3 nitrogen and oxygen atoms in total. The fourth-order valence-electron chi connectivity index (χ4n) is 1.71. The Hall–Kier alpha value is -1.35. The van der Waals surface area contributed by atoms with Gasteiger partial charge in [-0.3, -0.25) is 4.79 Å². The molecule has 0 heterocycles. The van der Waals surface area contributed by atoms with Crippen molar-refractivity contribution in [2.24, 2.45) is 0 Å². The van der Waals surface area contributed by atoms with Gasteiger partial charge in [0.15, 0.2) is 5.78 Å². The van der Waals surface area contributed by atoms with E-state index in [1.165, 1.54) is 0 Å². The highest BCUT2D eigenvalue weighted by molar-refractivity contribution is 6.01. The Labute approximate surface area is 103 Å². The molecule has 1 unspecified atom stereocenters. The molecule has 0 N–H and O–H groups in total. The molecule has 0 aliphatic heterocycles. The van der Waals surface area contributed by atoms with E-state index in [1.54, 1.807) is 6.07 Å². The van der Waals surface area contributed by atoms with Gasteiger partial charge in [-0.15, -0.1) is 0 Å². The molecule has 1 atom stereocenters. The van der Waals surface area contributed by atoms with E-state index in [0.717, 1.165) is 0 Å². The molecule has 17 heavy (non-hydrogen) atoms. The molecule has 1 aromatic rings. The van der Waals surface area contributed by atoms with Gasteiger partial charge in [-0.2, -0.15) is 0 Å². The predicted molar refractivity (Wildman–Crippen MR) is 67.6 cm³/mol. The van der Waals surface area contributed by atoms with E-state index in [9.17, 15) is 4.79 Å². The van der Waals surface area contributed by atoms with E-state index in [4.69, 9.17) is 9.47 Å². The predicted octanol–water partition coefficient (Wildman–Crippen LogP) is 3.08. The number of rotatable bonds is 7. The van der Waals surface area contributed by atoms with Crippen molar-refractivity contribution in [3.63, 3.8) is 0 Å². The lowest BCUT2D eigenvalue weighted by molar-refractivity contribution is 0.0441. The number of Topliss-reactive ketones (excluding diaryl/α,β-unsaturated/α-hetero) is 1. The Kier molecular flexibility index (Phi) is 5.70. The lowest BCUT2D eigenvalue weighted by Gasteiger charge is -2.16. The van der Waals surface area contributed by atoms with Gasteiger partial charge >= 0.3 is 0 Å².